The van der Waals surface area contributed by atoms with Crippen LogP contribution in [0.4, 0.5) is 13.2 Å². The number of hydrogen-bond donors (Lipinski definition) is 3. The third-order valence-corrected chi connectivity index (χ3v) is 3.65. The molecule has 0 saturated carbocycles. The summed E-state index contributed by atoms with van der Waals surface area (Å²) in [5.41, 5.74) is 8.89. The van der Waals surface area contributed by atoms with Crippen LogP contribution >= 0.6 is 0 Å². The Hall–Kier alpha value is -3.34. The van der Waals surface area contributed by atoms with Crippen LogP contribution in [0.1, 0.15) is 23.7 Å². The van der Waals surface area contributed by atoms with Gasteiger partial charge < -0.3 is 9.57 Å². The number of rotatable bonds is 7. The zero-order valence-electron chi connectivity index (χ0n) is 14.7. The van der Waals surface area contributed by atoms with Gasteiger partial charge in [0.1, 0.15) is 24.7 Å². The standard InChI is InChI=1S/C17H17F3N6O2/c1-11(24-28-9-12-2-7-15(21-8-12)17(18,19)20)13-3-5-14(6-4-13)27-10-16-22-25-26-23-16/h2-8,25-26H,9-10H2,1H3,(H,22,23)/b24-11+. The molecule has 1 aliphatic rings. The molecule has 0 aliphatic carbocycles. The van der Waals surface area contributed by atoms with E-state index in [9.17, 15) is 13.2 Å². The first kappa shape index (κ1) is 19.4. The van der Waals surface area contributed by atoms with E-state index in [1.807, 2.05) is 12.1 Å². The Morgan fingerprint density at radius 2 is 1.89 bits per heavy atom. The summed E-state index contributed by atoms with van der Waals surface area (Å²) in [6, 6.07) is 9.42. The molecule has 28 heavy (non-hydrogen) atoms. The smallest absolute Gasteiger partial charge is 0.433 e. The normalized spacial score (nSPS) is 14.1. The molecule has 0 unspecified atom stereocenters. The van der Waals surface area contributed by atoms with Gasteiger partial charge in [-0.25, -0.2) is 5.53 Å². The number of hydrazine groups is 2. The number of aromatic nitrogens is 1. The number of alkyl halides is 3. The highest BCUT2D eigenvalue weighted by Crippen LogP contribution is 2.27. The van der Waals surface area contributed by atoms with E-state index in [4.69, 9.17) is 9.57 Å². The van der Waals surface area contributed by atoms with Crippen molar-refractivity contribution in [2.75, 3.05) is 6.61 Å². The molecule has 0 fully saturated rings. The van der Waals surface area contributed by atoms with Crippen molar-refractivity contribution >= 4 is 11.5 Å². The Morgan fingerprint density at radius 3 is 2.50 bits per heavy atom. The highest BCUT2D eigenvalue weighted by Gasteiger charge is 2.31. The molecule has 0 atom stereocenters. The number of halogens is 3. The van der Waals surface area contributed by atoms with Crippen molar-refractivity contribution < 1.29 is 22.7 Å². The average molecular weight is 394 g/mol. The van der Waals surface area contributed by atoms with E-state index in [1.165, 1.54) is 6.07 Å². The summed E-state index contributed by atoms with van der Waals surface area (Å²) < 4.78 is 43.0. The molecule has 148 valence electrons. The fourth-order valence-corrected chi connectivity index (χ4v) is 2.17. The van der Waals surface area contributed by atoms with Crippen molar-refractivity contribution in [2.45, 2.75) is 19.7 Å². The summed E-state index contributed by atoms with van der Waals surface area (Å²) in [5, 5.41) is 7.88. The quantitative estimate of drug-likeness (QED) is 0.493. The van der Waals surface area contributed by atoms with Crippen LogP contribution in [0.5, 0.6) is 5.75 Å². The largest absolute Gasteiger partial charge is 0.486 e. The molecule has 8 nitrogen and oxygen atoms in total. The molecule has 1 aliphatic heterocycles. The minimum Gasteiger partial charge on any atom is -0.486 e. The summed E-state index contributed by atoms with van der Waals surface area (Å²) >= 11 is 0. The van der Waals surface area contributed by atoms with Crippen LogP contribution in [0.3, 0.4) is 0 Å². The van der Waals surface area contributed by atoms with Crippen LogP contribution in [-0.4, -0.2) is 23.1 Å². The summed E-state index contributed by atoms with van der Waals surface area (Å²) in [7, 11) is 0. The summed E-state index contributed by atoms with van der Waals surface area (Å²) in [6.45, 7) is 2.05. The third kappa shape index (κ3) is 5.33. The lowest BCUT2D eigenvalue weighted by Gasteiger charge is -2.07. The van der Waals surface area contributed by atoms with Crippen molar-refractivity contribution in [1.82, 2.24) is 21.5 Å². The van der Waals surface area contributed by atoms with Gasteiger partial charge in [0.25, 0.3) is 0 Å². The number of benzene rings is 1. The zero-order chi connectivity index (χ0) is 20.0. The molecule has 1 aromatic carbocycles. The number of hydrazone groups is 1. The second-order valence-corrected chi connectivity index (χ2v) is 5.73. The van der Waals surface area contributed by atoms with E-state index in [-0.39, 0.29) is 13.2 Å². The number of amidine groups is 1. The van der Waals surface area contributed by atoms with Gasteiger partial charge in [-0.3, -0.25) is 10.4 Å². The van der Waals surface area contributed by atoms with Crippen LogP contribution in [0.25, 0.3) is 0 Å². The molecule has 3 rings (SSSR count). The molecule has 11 heteroatoms. The molecule has 2 aromatic rings. The molecule has 0 spiro atoms. The summed E-state index contributed by atoms with van der Waals surface area (Å²) in [5.74, 6) is 1.28. The van der Waals surface area contributed by atoms with Gasteiger partial charge in [-0.15, -0.1) is 10.6 Å². The van der Waals surface area contributed by atoms with Crippen molar-refractivity contribution in [3.05, 3.63) is 59.4 Å². The van der Waals surface area contributed by atoms with E-state index >= 15 is 0 Å². The van der Waals surface area contributed by atoms with Gasteiger partial charge in [0.05, 0.1) is 5.71 Å². The zero-order valence-corrected chi connectivity index (χ0v) is 14.7. The van der Waals surface area contributed by atoms with Crippen LogP contribution in [0.15, 0.2) is 52.9 Å². The first-order chi connectivity index (χ1) is 13.4. The third-order valence-electron chi connectivity index (χ3n) is 3.65. The Morgan fingerprint density at radius 1 is 1.11 bits per heavy atom. The minimum absolute atomic E-state index is 0.0147. The van der Waals surface area contributed by atoms with E-state index in [2.05, 4.69) is 31.7 Å². The fourth-order valence-electron chi connectivity index (χ4n) is 2.17. The molecule has 2 heterocycles. The lowest BCUT2D eigenvalue weighted by Crippen LogP contribution is -2.37. The van der Waals surface area contributed by atoms with Gasteiger partial charge in [-0.05, 0) is 42.8 Å². The SMILES string of the molecule is C/C(=N\OCc1ccc(C(F)(F)F)nc1)c1ccc(OCC2=NNNN2)cc1. The van der Waals surface area contributed by atoms with Gasteiger partial charge in [-0.1, -0.05) is 11.2 Å². The van der Waals surface area contributed by atoms with E-state index in [0.717, 1.165) is 17.8 Å². The minimum atomic E-state index is -4.46. The number of oxime groups is 1. The molecule has 0 bridgehead atoms. The maximum absolute atomic E-state index is 12.5. The van der Waals surface area contributed by atoms with Gasteiger partial charge in [0.2, 0.25) is 0 Å². The van der Waals surface area contributed by atoms with Gasteiger partial charge in [-0.2, -0.15) is 13.2 Å². The maximum atomic E-state index is 12.5. The van der Waals surface area contributed by atoms with Crippen LogP contribution in [-0.2, 0) is 17.6 Å². The van der Waals surface area contributed by atoms with Crippen molar-refractivity contribution in [3.63, 3.8) is 0 Å². The highest BCUT2D eigenvalue weighted by atomic mass is 19.4. The Kier molecular flexibility index (Phi) is 5.94. The van der Waals surface area contributed by atoms with Gasteiger partial charge in [0.15, 0.2) is 5.84 Å². The molecular weight excluding hydrogens is 377 g/mol. The second kappa shape index (κ2) is 8.57. The molecule has 0 amide bonds. The van der Waals surface area contributed by atoms with Crippen LogP contribution in [0, 0.1) is 0 Å². The predicted octanol–water partition coefficient (Wildman–Crippen LogP) is 2.35. The van der Waals surface area contributed by atoms with Gasteiger partial charge in [0, 0.05) is 11.8 Å². The molecule has 0 radical (unpaired) electrons. The van der Waals surface area contributed by atoms with E-state index in [0.29, 0.717) is 22.9 Å². The molecule has 3 N–H and O–H groups in total. The number of ether oxygens (including phenoxy) is 1. The van der Waals surface area contributed by atoms with Crippen LogP contribution in [0.2, 0.25) is 0 Å². The topological polar surface area (TPSA) is 92.2 Å². The highest BCUT2D eigenvalue weighted by molar-refractivity contribution is 5.98. The fraction of sp³-hybridized carbons (Fsp3) is 0.235. The summed E-state index contributed by atoms with van der Waals surface area (Å²) in [4.78, 5) is 8.58. The van der Waals surface area contributed by atoms with E-state index in [1.54, 1.807) is 19.1 Å². The number of pyridine rings is 1. The monoisotopic (exact) mass is 394 g/mol. The Balaban J connectivity index is 1.50. The Bertz CT molecular complexity index is 851. The predicted molar refractivity (Wildman–Crippen MR) is 95.0 cm³/mol. The van der Waals surface area contributed by atoms with Gasteiger partial charge >= 0.3 is 6.18 Å². The first-order valence-corrected chi connectivity index (χ1v) is 8.16. The van der Waals surface area contributed by atoms with Crippen LogP contribution < -0.4 is 21.2 Å². The number of nitrogens with one attached hydrogen (secondary N) is 3. The van der Waals surface area contributed by atoms with Crippen molar-refractivity contribution in [2.24, 2.45) is 10.3 Å². The lowest BCUT2D eigenvalue weighted by atomic mass is 10.1. The summed E-state index contributed by atoms with van der Waals surface area (Å²) in [6.07, 6.45) is -3.34. The number of hydrogen-bond acceptors (Lipinski definition) is 8. The first-order valence-electron chi connectivity index (χ1n) is 8.16. The average Bonchev–Trinajstić information content (AvgIpc) is 3.20. The van der Waals surface area contributed by atoms with E-state index < -0.39 is 11.9 Å². The number of nitrogens with zero attached hydrogens (tertiary/aromatic N) is 3. The molecular formula is C17H17F3N6O2. The lowest BCUT2D eigenvalue weighted by molar-refractivity contribution is -0.141. The maximum Gasteiger partial charge on any atom is 0.433 e. The van der Waals surface area contributed by atoms with Crippen molar-refractivity contribution in [3.8, 4) is 5.75 Å². The Labute approximate surface area is 158 Å². The molecule has 0 saturated heterocycles. The molecule has 1 aromatic heterocycles. The second-order valence-electron chi connectivity index (χ2n) is 5.73. The van der Waals surface area contributed by atoms with Crippen molar-refractivity contribution in [1.29, 1.82) is 0 Å².